The van der Waals surface area contributed by atoms with Gasteiger partial charge in [0.1, 0.15) is 4.32 Å². The summed E-state index contributed by atoms with van der Waals surface area (Å²) in [6.07, 6.45) is 0.449. The van der Waals surface area contributed by atoms with Crippen LogP contribution in [0.15, 0.2) is 30.3 Å². The van der Waals surface area contributed by atoms with Gasteiger partial charge in [0.2, 0.25) is 0 Å². The van der Waals surface area contributed by atoms with Crippen LogP contribution in [0.25, 0.3) is 0 Å². The van der Waals surface area contributed by atoms with Gasteiger partial charge in [-0.1, -0.05) is 46.3 Å². The molecule has 0 radical (unpaired) electrons. The van der Waals surface area contributed by atoms with Gasteiger partial charge >= 0.3 is 5.97 Å². The van der Waals surface area contributed by atoms with Crippen molar-refractivity contribution >= 4 is 21.9 Å². The fourth-order valence-corrected chi connectivity index (χ4v) is 1.97. The van der Waals surface area contributed by atoms with Crippen LogP contribution in [0.1, 0.15) is 25.8 Å². The first-order valence-electron chi connectivity index (χ1n) is 6.06. The van der Waals surface area contributed by atoms with Gasteiger partial charge in [-0.15, -0.1) is 0 Å². The molecule has 2 atom stereocenters. The Morgan fingerprint density at radius 2 is 2.06 bits per heavy atom. The Balaban J connectivity index is 2.54. The average Bonchev–Trinajstić information content (AvgIpc) is 2.37. The van der Waals surface area contributed by atoms with E-state index in [9.17, 15) is 9.90 Å². The number of hydrogen-bond donors (Lipinski definition) is 1. The number of aryl methyl sites for hydroxylation is 1. The molecule has 0 fully saturated rings. The Bertz CT molecular complexity index is 376. The first-order valence-corrected chi connectivity index (χ1v) is 6.86. The van der Waals surface area contributed by atoms with E-state index in [4.69, 9.17) is 4.74 Å². The zero-order chi connectivity index (χ0) is 13.6. The highest BCUT2D eigenvalue weighted by Gasteiger charge is 2.39. The number of carbonyl (C=O) groups excluding carboxylic acids is 1. The van der Waals surface area contributed by atoms with Crippen LogP contribution in [0.2, 0.25) is 0 Å². The molecule has 1 aromatic rings. The minimum Gasteiger partial charge on any atom is -0.465 e. The molecule has 0 heterocycles. The number of ether oxygens (including phenoxy) is 1. The Labute approximate surface area is 116 Å². The van der Waals surface area contributed by atoms with Crippen molar-refractivity contribution in [2.45, 2.75) is 37.1 Å². The third-order valence-corrected chi connectivity index (χ3v) is 3.70. The summed E-state index contributed by atoms with van der Waals surface area (Å²) in [5.74, 6) is -0.425. The lowest BCUT2D eigenvalue weighted by Crippen LogP contribution is -2.42. The quantitative estimate of drug-likeness (QED) is 0.648. The minimum atomic E-state index is -1.04. The highest BCUT2D eigenvalue weighted by molar-refractivity contribution is 9.10. The first kappa shape index (κ1) is 15.2. The Kier molecular flexibility index (Phi) is 5.82. The lowest BCUT2D eigenvalue weighted by Gasteiger charge is -2.26. The molecule has 1 rings (SSSR count). The van der Waals surface area contributed by atoms with Gasteiger partial charge in [0.05, 0.1) is 12.7 Å². The van der Waals surface area contributed by atoms with Crippen molar-refractivity contribution in [3.05, 3.63) is 35.9 Å². The van der Waals surface area contributed by atoms with E-state index in [0.29, 0.717) is 13.0 Å². The summed E-state index contributed by atoms with van der Waals surface area (Å²) in [4.78, 5) is 11.7. The van der Waals surface area contributed by atoms with Crippen LogP contribution in [-0.2, 0) is 16.0 Å². The second-order valence-electron chi connectivity index (χ2n) is 4.34. The molecule has 18 heavy (non-hydrogen) atoms. The van der Waals surface area contributed by atoms with Gasteiger partial charge in [0.25, 0.3) is 0 Å². The molecule has 0 amide bonds. The van der Waals surface area contributed by atoms with E-state index in [2.05, 4.69) is 15.9 Å². The summed E-state index contributed by atoms with van der Waals surface area (Å²) < 4.78 is 3.89. The van der Waals surface area contributed by atoms with Crippen molar-refractivity contribution in [1.29, 1.82) is 0 Å². The van der Waals surface area contributed by atoms with Crippen molar-refractivity contribution in [1.82, 2.24) is 0 Å². The third-order valence-electron chi connectivity index (χ3n) is 2.85. The van der Waals surface area contributed by atoms with Crippen molar-refractivity contribution in [3.8, 4) is 0 Å². The van der Waals surface area contributed by atoms with Gasteiger partial charge in [-0.3, -0.25) is 4.79 Å². The first-order chi connectivity index (χ1) is 8.48. The van der Waals surface area contributed by atoms with Crippen LogP contribution in [0, 0.1) is 0 Å². The van der Waals surface area contributed by atoms with E-state index in [0.717, 1.165) is 12.0 Å². The van der Waals surface area contributed by atoms with Gasteiger partial charge in [-0.05, 0) is 32.3 Å². The zero-order valence-electron chi connectivity index (χ0n) is 10.7. The molecule has 0 unspecified atom stereocenters. The van der Waals surface area contributed by atoms with Crippen LogP contribution in [0.5, 0.6) is 0 Å². The fourth-order valence-electron chi connectivity index (χ4n) is 1.63. The van der Waals surface area contributed by atoms with E-state index in [1.54, 1.807) is 13.8 Å². The normalized spacial score (nSPS) is 15.8. The number of carbonyl (C=O) groups is 1. The van der Waals surface area contributed by atoms with E-state index in [1.165, 1.54) is 0 Å². The molecule has 100 valence electrons. The topological polar surface area (TPSA) is 46.5 Å². The highest BCUT2D eigenvalue weighted by Crippen LogP contribution is 2.27. The number of halogens is 1. The largest absolute Gasteiger partial charge is 0.465 e. The number of rotatable bonds is 6. The summed E-state index contributed by atoms with van der Waals surface area (Å²) in [5.41, 5.74) is 1.14. The minimum absolute atomic E-state index is 0.311. The SMILES string of the molecule is CCOC(=O)[C@](C)(Br)[C@@H](O)CCc1ccccc1. The molecule has 3 nitrogen and oxygen atoms in total. The maximum atomic E-state index is 11.7. The third kappa shape index (κ3) is 4.10. The second-order valence-corrected chi connectivity index (χ2v) is 5.98. The van der Waals surface area contributed by atoms with Crippen LogP contribution >= 0.6 is 15.9 Å². The van der Waals surface area contributed by atoms with Crippen molar-refractivity contribution in [2.24, 2.45) is 0 Å². The molecule has 0 aliphatic carbocycles. The van der Waals surface area contributed by atoms with Crippen molar-refractivity contribution in [3.63, 3.8) is 0 Å². The second kappa shape index (κ2) is 6.90. The molecule has 0 aliphatic rings. The van der Waals surface area contributed by atoms with E-state index in [-0.39, 0.29) is 0 Å². The molecule has 0 spiro atoms. The van der Waals surface area contributed by atoms with Gasteiger partial charge in [0.15, 0.2) is 0 Å². The maximum Gasteiger partial charge on any atom is 0.325 e. The predicted octanol–water partition coefficient (Wildman–Crippen LogP) is 2.70. The van der Waals surface area contributed by atoms with E-state index in [1.807, 2.05) is 30.3 Å². The summed E-state index contributed by atoms with van der Waals surface area (Å²) in [6, 6.07) is 9.87. The standard InChI is InChI=1S/C14H19BrO3/c1-3-18-13(17)14(2,15)12(16)10-9-11-7-5-4-6-8-11/h4-8,12,16H,3,9-10H2,1-2H3/t12-,14+/m0/s1. The molecule has 1 aromatic carbocycles. The van der Waals surface area contributed by atoms with Gasteiger partial charge in [0, 0.05) is 0 Å². The Morgan fingerprint density at radius 3 is 2.61 bits per heavy atom. The zero-order valence-corrected chi connectivity index (χ0v) is 12.3. The van der Waals surface area contributed by atoms with Crippen LogP contribution in [-0.4, -0.2) is 28.1 Å². The Morgan fingerprint density at radius 1 is 1.44 bits per heavy atom. The number of esters is 1. The van der Waals surface area contributed by atoms with Crippen LogP contribution in [0.3, 0.4) is 0 Å². The molecule has 0 saturated carbocycles. The molecule has 0 saturated heterocycles. The molecular formula is C14H19BrO3. The number of benzene rings is 1. The lowest BCUT2D eigenvalue weighted by molar-refractivity contribution is -0.148. The van der Waals surface area contributed by atoms with E-state index >= 15 is 0 Å². The van der Waals surface area contributed by atoms with Gasteiger partial charge in [-0.25, -0.2) is 0 Å². The maximum absolute atomic E-state index is 11.7. The molecule has 0 aliphatic heterocycles. The summed E-state index contributed by atoms with van der Waals surface area (Å²) in [7, 11) is 0. The number of alkyl halides is 1. The highest BCUT2D eigenvalue weighted by atomic mass is 79.9. The molecule has 0 bridgehead atoms. The van der Waals surface area contributed by atoms with Crippen molar-refractivity contribution < 1.29 is 14.6 Å². The average molecular weight is 315 g/mol. The van der Waals surface area contributed by atoms with Gasteiger partial charge < -0.3 is 9.84 Å². The molecule has 4 heteroatoms. The van der Waals surface area contributed by atoms with Crippen LogP contribution < -0.4 is 0 Å². The molecular weight excluding hydrogens is 296 g/mol. The Hall–Kier alpha value is -0.870. The monoisotopic (exact) mass is 314 g/mol. The van der Waals surface area contributed by atoms with Gasteiger partial charge in [-0.2, -0.15) is 0 Å². The van der Waals surface area contributed by atoms with Crippen molar-refractivity contribution in [2.75, 3.05) is 6.61 Å². The number of aliphatic hydroxyl groups excluding tert-OH is 1. The summed E-state index contributed by atoms with van der Waals surface area (Å²) >= 11 is 3.26. The number of aliphatic hydroxyl groups is 1. The van der Waals surface area contributed by atoms with E-state index < -0.39 is 16.4 Å². The number of hydrogen-bond acceptors (Lipinski definition) is 3. The summed E-state index contributed by atoms with van der Waals surface area (Å²) in [6.45, 7) is 3.70. The smallest absolute Gasteiger partial charge is 0.325 e. The lowest BCUT2D eigenvalue weighted by atomic mass is 9.98. The predicted molar refractivity (Wildman–Crippen MR) is 74.7 cm³/mol. The molecule has 1 N–H and O–H groups in total. The summed E-state index contributed by atoms with van der Waals surface area (Å²) in [5, 5.41) is 10.1. The van der Waals surface area contributed by atoms with Crippen LogP contribution in [0.4, 0.5) is 0 Å². The molecule has 0 aromatic heterocycles. The fraction of sp³-hybridized carbons (Fsp3) is 0.500.